The van der Waals surface area contributed by atoms with Crippen molar-refractivity contribution >= 4 is 0 Å². The number of hydrogen-bond acceptors (Lipinski definition) is 3. The van der Waals surface area contributed by atoms with Gasteiger partial charge >= 0.3 is 0 Å². The largest absolute Gasteiger partial charge is 0.386 e. The van der Waals surface area contributed by atoms with Gasteiger partial charge in [-0.25, -0.2) is 0 Å². The van der Waals surface area contributed by atoms with Crippen molar-refractivity contribution in [3.63, 3.8) is 0 Å². The van der Waals surface area contributed by atoms with Gasteiger partial charge in [-0.15, -0.1) is 0 Å². The van der Waals surface area contributed by atoms with E-state index < -0.39 is 11.0 Å². The topological polar surface area (TPSA) is 53.2 Å². The molecule has 0 aromatic carbocycles. The molecule has 0 rings (SSSR count). The van der Waals surface area contributed by atoms with Gasteiger partial charge in [-0.3, -0.25) is 0 Å². The Morgan fingerprint density at radius 2 is 2.00 bits per heavy atom. The fourth-order valence-electron chi connectivity index (χ4n) is 1.02. The van der Waals surface area contributed by atoms with E-state index in [1.165, 1.54) is 7.11 Å². The molecule has 1 N–H and O–H groups in total. The van der Waals surface area contributed by atoms with E-state index in [0.29, 0.717) is 6.42 Å². The Labute approximate surface area is 74.0 Å². The predicted molar refractivity (Wildman–Crippen MR) is 46.5 cm³/mol. The molecule has 2 atom stereocenters. The lowest BCUT2D eigenvalue weighted by atomic mass is 9.74. The van der Waals surface area contributed by atoms with Crippen LogP contribution >= 0.6 is 0 Å². The minimum absolute atomic E-state index is 0.185. The molecule has 0 fully saturated rings. The summed E-state index contributed by atoms with van der Waals surface area (Å²) in [6, 6.07) is 2.12. The second-order valence-corrected chi connectivity index (χ2v) is 3.50. The maximum atomic E-state index is 9.89. The molecule has 0 amide bonds. The Morgan fingerprint density at radius 3 is 2.25 bits per heavy atom. The van der Waals surface area contributed by atoms with Crippen molar-refractivity contribution in [1.82, 2.24) is 0 Å². The summed E-state index contributed by atoms with van der Waals surface area (Å²) in [5.41, 5.74) is -1.81. The van der Waals surface area contributed by atoms with Crippen LogP contribution in [0.3, 0.4) is 0 Å². The molecule has 0 saturated heterocycles. The van der Waals surface area contributed by atoms with Crippen LogP contribution < -0.4 is 0 Å². The van der Waals surface area contributed by atoms with Crippen LogP contribution in [-0.4, -0.2) is 24.4 Å². The Balaban J connectivity index is 4.61. The van der Waals surface area contributed by atoms with Crippen LogP contribution in [0.25, 0.3) is 0 Å². The molecular formula is C9H17NO2. The van der Waals surface area contributed by atoms with E-state index in [1.54, 1.807) is 13.8 Å². The van der Waals surface area contributed by atoms with E-state index in [4.69, 9.17) is 10.00 Å². The van der Waals surface area contributed by atoms with Crippen LogP contribution in [0.15, 0.2) is 0 Å². The first kappa shape index (κ1) is 11.4. The first-order valence-electron chi connectivity index (χ1n) is 4.06. The van der Waals surface area contributed by atoms with Gasteiger partial charge in [0.1, 0.15) is 5.60 Å². The van der Waals surface area contributed by atoms with Crippen LogP contribution in [0.2, 0.25) is 0 Å². The highest BCUT2D eigenvalue weighted by Gasteiger charge is 2.42. The van der Waals surface area contributed by atoms with Crippen LogP contribution in [0.1, 0.15) is 27.2 Å². The maximum Gasteiger partial charge on any atom is 0.103 e. The molecule has 0 aliphatic rings. The minimum Gasteiger partial charge on any atom is -0.386 e. The van der Waals surface area contributed by atoms with Gasteiger partial charge in [0.2, 0.25) is 0 Å². The Bertz CT molecular complexity index is 183. The van der Waals surface area contributed by atoms with Crippen LogP contribution in [0.4, 0.5) is 0 Å². The highest BCUT2D eigenvalue weighted by Crippen LogP contribution is 2.33. The molecule has 3 nitrogen and oxygen atoms in total. The van der Waals surface area contributed by atoms with Crippen molar-refractivity contribution in [3.05, 3.63) is 0 Å². The van der Waals surface area contributed by atoms with Crippen LogP contribution in [0, 0.1) is 16.7 Å². The van der Waals surface area contributed by atoms with Crippen LogP contribution in [-0.2, 0) is 4.74 Å². The first-order valence-corrected chi connectivity index (χ1v) is 4.06. The smallest absolute Gasteiger partial charge is 0.103 e. The van der Waals surface area contributed by atoms with Crippen molar-refractivity contribution in [2.24, 2.45) is 5.41 Å². The van der Waals surface area contributed by atoms with E-state index in [2.05, 4.69) is 6.07 Å². The molecule has 70 valence electrons. The van der Waals surface area contributed by atoms with E-state index in [1.807, 2.05) is 6.92 Å². The molecule has 0 bridgehead atoms. The normalized spacial score (nSPS) is 20.7. The summed E-state index contributed by atoms with van der Waals surface area (Å²) in [4.78, 5) is 0. The third kappa shape index (κ3) is 1.96. The fraction of sp³-hybridized carbons (Fsp3) is 0.889. The molecule has 3 heteroatoms. The molecule has 0 spiro atoms. The molecule has 0 aliphatic carbocycles. The van der Waals surface area contributed by atoms with Crippen LogP contribution in [0.5, 0.6) is 0 Å². The maximum absolute atomic E-state index is 9.89. The lowest BCUT2D eigenvalue weighted by Gasteiger charge is -2.35. The monoisotopic (exact) mass is 171 g/mol. The Morgan fingerprint density at radius 1 is 1.50 bits per heavy atom. The van der Waals surface area contributed by atoms with Crippen molar-refractivity contribution in [3.8, 4) is 6.07 Å². The predicted octanol–water partition coefficient (Wildman–Crippen LogP) is 1.32. The quantitative estimate of drug-likeness (QED) is 0.694. The lowest BCUT2D eigenvalue weighted by molar-refractivity contribution is -0.0833. The molecule has 0 aromatic heterocycles. The van der Waals surface area contributed by atoms with Crippen molar-refractivity contribution in [2.75, 3.05) is 13.7 Å². The molecule has 0 aliphatic heterocycles. The Kier molecular flexibility index (Phi) is 3.69. The highest BCUT2D eigenvalue weighted by atomic mass is 16.5. The summed E-state index contributed by atoms with van der Waals surface area (Å²) in [5, 5.41) is 18.8. The van der Waals surface area contributed by atoms with Gasteiger partial charge < -0.3 is 9.84 Å². The molecule has 0 aromatic rings. The standard InChI is InChI=1S/C9H17NO2/c1-5-8(2,6-10)9(3,11)7-12-4/h11H,5,7H2,1-4H3. The van der Waals surface area contributed by atoms with E-state index in [0.717, 1.165) is 0 Å². The lowest BCUT2D eigenvalue weighted by Crippen LogP contribution is -2.46. The average Bonchev–Trinajstić information content (AvgIpc) is 2.02. The average molecular weight is 171 g/mol. The summed E-state index contributed by atoms with van der Waals surface area (Å²) in [5.74, 6) is 0. The van der Waals surface area contributed by atoms with Gasteiger partial charge in [0.25, 0.3) is 0 Å². The second-order valence-electron chi connectivity index (χ2n) is 3.50. The Hall–Kier alpha value is -0.590. The van der Waals surface area contributed by atoms with Gasteiger partial charge in [-0.05, 0) is 20.3 Å². The second kappa shape index (κ2) is 3.88. The molecular weight excluding hydrogens is 154 g/mol. The number of aliphatic hydroxyl groups is 1. The summed E-state index contributed by atoms with van der Waals surface area (Å²) in [6.07, 6.45) is 0.611. The molecule has 0 saturated carbocycles. The van der Waals surface area contributed by atoms with E-state index in [9.17, 15) is 5.11 Å². The van der Waals surface area contributed by atoms with Gasteiger partial charge in [-0.2, -0.15) is 5.26 Å². The zero-order valence-corrected chi connectivity index (χ0v) is 8.22. The van der Waals surface area contributed by atoms with Crippen molar-refractivity contribution < 1.29 is 9.84 Å². The first-order chi connectivity index (χ1) is 5.43. The summed E-state index contributed by atoms with van der Waals surface area (Å²) in [6.45, 7) is 5.44. The van der Waals surface area contributed by atoms with E-state index in [-0.39, 0.29) is 6.61 Å². The number of nitriles is 1. The van der Waals surface area contributed by atoms with E-state index >= 15 is 0 Å². The zero-order valence-electron chi connectivity index (χ0n) is 8.22. The SMILES string of the molecule is CCC(C)(C#N)C(C)(O)COC. The molecule has 2 unspecified atom stereocenters. The number of hydrogen-bond donors (Lipinski definition) is 1. The van der Waals surface area contributed by atoms with Crippen molar-refractivity contribution in [2.45, 2.75) is 32.8 Å². The van der Waals surface area contributed by atoms with Gasteiger partial charge in [0, 0.05) is 7.11 Å². The number of nitrogens with zero attached hydrogens (tertiary/aromatic N) is 1. The van der Waals surface area contributed by atoms with Gasteiger partial charge in [0.05, 0.1) is 18.1 Å². The molecule has 12 heavy (non-hydrogen) atoms. The van der Waals surface area contributed by atoms with Gasteiger partial charge in [-0.1, -0.05) is 6.92 Å². The summed E-state index contributed by atoms with van der Waals surface area (Å²) < 4.78 is 4.86. The highest BCUT2D eigenvalue weighted by molar-refractivity contribution is 5.06. The third-order valence-electron chi connectivity index (χ3n) is 2.57. The number of rotatable bonds is 4. The summed E-state index contributed by atoms with van der Waals surface area (Å²) in [7, 11) is 1.52. The zero-order chi connectivity index (χ0) is 9.83. The molecule has 0 heterocycles. The van der Waals surface area contributed by atoms with Gasteiger partial charge in [0.15, 0.2) is 0 Å². The molecule has 0 radical (unpaired) electrons. The van der Waals surface area contributed by atoms with Crippen molar-refractivity contribution in [1.29, 1.82) is 5.26 Å². The third-order valence-corrected chi connectivity index (χ3v) is 2.57. The minimum atomic E-state index is -1.08. The summed E-state index contributed by atoms with van der Waals surface area (Å²) >= 11 is 0. The fourth-order valence-corrected chi connectivity index (χ4v) is 1.02. The number of ether oxygens (including phenoxy) is 1. The number of methoxy groups -OCH3 is 1.